The largest absolute Gasteiger partial charge is 0.392 e. The van der Waals surface area contributed by atoms with Gasteiger partial charge in [-0.05, 0) is 31.6 Å². The zero-order valence-corrected chi connectivity index (χ0v) is 11.2. The number of piperidine rings is 2. The first-order valence-corrected chi connectivity index (χ1v) is 7.83. The van der Waals surface area contributed by atoms with Crippen LogP contribution in [0.1, 0.15) is 32.6 Å². The molecule has 6 heteroatoms. The molecule has 2 saturated heterocycles. The summed E-state index contributed by atoms with van der Waals surface area (Å²) >= 11 is 0. The Hall–Kier alpha value is -0.170. The van der Waals surface area contributed by atoms with Crippen molar-refractivity contribution in [3.05, 3.63) is 0 Å². The highest BCUT2D eigenvalue weighted by atomic mass is 32.2. The number of aliphatic hydroxyl groups is 1. The molecule has 5 nitrogen and oxygen atoms in total. The maximum atomic E-state index is 12.3. The quantitative estimate of drug-likeness (QED) is 0.784. The van der Waals surface area contributed by atoms with Gasteiger partial charge in [-0.25, -0.2) is 0 Å². The van der Waals surface area contributed by atoms with Gasteiger partial charge in [-0.3, -0.25) is 0 Å². The molecular formula is C11H22N2O3S. The van der Waals surface area contributed by atoms with Gasteiger partial charge >= 0.3 is 0 Å². The number of nitrogens with zero attached hydrogens (tertiary/aromatic N) is 2. The van der Waals surface area contributed by atoms with Gasteiger partial charge < -0.3 is 5.11 Å². The molecule has 100 valence electrons. The van der Waals surface area contributed by atoms with Crippen LogP contribution < -0.4 is 0 Å². The van der Waals surface area contributed by atoms with Crippen LogP contribution in [0, 0.1) is 5.92 Å². The lowest BCUT2D eigenvalue weighted by Crippen LogP contribution is -2.51. The molecule has 0 spiro atoms. The van der Waals surface area contributed by atoms with E-state index in [1.54, 1.807) is 4.31 Å². The third kappa shape index (κ3) is 2.99. The lowest BCUT2D eigenvalue weighted by molar-refractivity contribution is 0.103. The Morgan fingerprint density at radius 3 is 2.29 bits per heavy atom. The van der Waals surface area contributed by atoms with E-state index < -0.39 is 16.3 Å². The van der Waals surface area contributed by atoms with E-state index in [2.05, 4.69) is 6.92 Å². The summed E-state index contributed by atoms with van der Waals surface area (Å²) in [6.07, 6.45) is 2.85. The highest BCUT2D eigenvalue weighted by Gasteiger charge is 2.34. The van der Waals surface area contributed by atoms with Crippen LogP contribution in [0.3, 0.4) is 0 Å². The number of hydrogen-bond donors (Lipinski definition) is 1. The molecule has 0 radical (unpaired) electrons. The predicted molar refractivity (Wildman–Crippen MR) is 65.7 cm³/mol. The third-order valence-electron chi connectivity index (χ3n) is 3.75. The van der Waals surface area contributed by atoms with Crippen LogP contribution in [0.4, 0.5) is 0 Å². The fraction of sp³-hybridized carbons (Fsp3) is 1.00. The van der Waals surface area contributed by atoms with Crippen LogP contribution in [-0.2, 0) is 10.2 Å². The molecule has 1 atom stereocenters. The van der Waals surface area contributed by atoms with E-state index in [9.17, 15) is 13.5 Å². The van der Waals surface area contributed by atoms with Gasteiger partial charge in [0.25, 0.3) is 10.2 Å². The van der Waals surface area contributed by atoms with Gasteiger partial charge in [0.05, 0.1) is 6.10 Å². The number of aliphatic hydroxyl groups excluding tert-OH is 1. The maximum absolute atomic E-state index is 12.3. The summed E-state index contributed by atoms with van der Waals surface area (Å²) < 4.78 is 27.7. The lowest BCUT2D eigenvalue weighted by atomic mass is 10.0. The van der Waals surface area contributed by atoms with Crippen molar-refractivity contribution < 1.29 is 13.5 Å². The summed E-state index contributed by atoms with van der Waals surface area (Å²) in [5.74, 6) is 0.619. The molecule has 0 aromatic carbocycles. The van der Waals surface area contributed by atoms with Crippen molar-refractivity contribution in [3.8, 4) is 0 Å². The molecule has 2 aliphatic heterocycles. The first kappa shape index (κ1) is 13.3. The van der Waals surface area contributed by atoms with E-state index >= 15 is 0 Å². The Kier molecular flexibility index (Phi) is 4.07. The molecule has 1 unspecified atom stereocenters. The molecule has 17 heavy (non-hydrogen) atoms. The summed E-state index contributed by atoms with van der Waals surface area (Å²) in [6, 6.07) is 0. The van der Waals surface area contributed by atoms with E-state index in [1.165, 1.54) is 4.31 Å². The molecule has 0 aliphatic carbocycles. The Morgan fingerprint density at radius 2 is 1.71 bits per heavy atom. The summed E-state index contributed by atoms with van der Waals surface area (Å²) in [7, 11) is -3.33. The Labute approximate surface area is 104 Å². The van der Waals surface area contributed by atoms with Crippen LogP contribution in [0.25, 0.3) is 0 Å². The Balaban J connectivity index is 2.02. The second kappa shape index (κ2) is 5.22. The van der Waals surface area contributed by atoms with Crippen LogP contribution >= 0.6 is 0 Å². The standard InChI is InChI=1S/C11H22N2O3S/c1-10-4-7-12(8-5-10)17(15,16)13-6-2-3-11(14)9-13/h10-11,14H,2-9H2,1H3. The molecule has 0 aromatic rings. The van der Waals surface area contributed by atoms with Gasteiger partial charge in [-0.2, -0.15) is 17.0 Å². The van der Waals surface area contributed by atoms with Gasteiger partial charge in [0.1, 0.15) is 0 Å². The predicted octanol–water partition coefficient (Wildman–Crippen LogP) is 0.420. The first-order chi connectivity index (χ1) is 8.00. The zero-order chi connectivity index (χ0) is 12.5. The highest BCUT2D eigenvalue weighted by molar-refractivity contribution is 7.86. The molecule has 1 N–H and O–H groups in total. The topological polar surface area (TPSA) is 60.9 Å². The summed E-state index contributed by atoms with van der Waals surface area (Å²) in [6.45, 7) is 4.21. The SMILES string of the molecule is CC1CCN(S(=O)(=O)N2CCCC(O)C2)CC1. The van der Waals surface area contributed by atoms with Crippen LogP contribution in [0.15, 0.2) is 0 Å². The van der Waals surface area contributed by atoms with Gasteiger partial charge in [-0.15, -0.1) is 0 Å². The van der Waals surface area contributed by atoms with Crippen molar-refractivity contribution in [3.63, 3.8) is 0 Å². The second-order valence-electron chi connectivity index (χ2n) is 5.24. The molecule has 0 amide bonds. The van der Waals surface area contributed by atoms with Gasteiger partial charge in [0, 0.05) is 26.2 Å². The van der Waals surface area contributed by atoms with Crippen LogP contribution in [-0.4, -0.2) is 54.4 Å². The van der Waals surface area contributed by atoms with E-state index in [0.29, 0.717) is 32.0 Å². The van der Waals surface area contributed by atoms with E-state index in [4.69, 9.17) is 0 Å². The molecule has 0 saturated carbocycles. The van der Waals surface area contributed by atoms with E-state index in [-0.39, 0.29) is 6.54 Å². The summed E-state index contributed by atoms with van der Waals surface area (Å²) in [4.78, 5) is 0. The van der Waals surface area contributed by atoms with Gasteiger partial charge in [0.15, 0.2) is 0 Å². The smallest absolute Gasteiger partial charge is 0.282 e. The number of hydrogen-bond acceptors (Lipinski definition) is 3. The van der Waals surface area contributed by atoms with Crippen molar-refractivity contribution in [2.45, 2.75) is 38.7 Å². The van der Waals surface area contributed by atoms with Gasteiger partial charge in [-0.1, -0.05) is 6.92 Å². The Morgan fingerprint density at radius 1 is 1.06 bits per heavy atom. The van der Waals surface area contributed by atoms with Gasteiger partial charge in [0.2, 0.25) is 0 Å². The molecule has 0 bridgehead atoms. The van der Waals surface area contributed by atoms with E-state index in [1.807, 2.05) is 0 Å². The summed E-state index contributed by atoms with van der Waals surface area (Å²) in [5.41, 5.74) is 0. The first-order valence-electron chi connectivity index (χ1n) is 6.43. The lowest BCUT2D eigenvalue weighted by Gasteiger charge is -2.36. The average Bonchev–Trinajstić information content (AvgIpc) is 2.29. The summed E-state index contributed by atoms with van der Waals surface area (Å²) in [5, 5.41) is 9.56. The normalized spacial score (nSPS) is 30.6. The third-order valence-corrected chi connectivity index (χ3v) is 5.76. The van der Waals surface area contributed by atoms with E-state index in [0.717, 1.165) is 19.3 Å². The minimum absolute atomic E-state index is 0.258. The maximum Gasteiger partial charge on any atom is 0.282 e. The van der Waals surface area contributed by atoms with Crippen LogP contribution in [0.2, 0.25) is 0 Å². The van der Waals surface area contributed by atoms with Crippen LogP contribution in [0.5, 0.6) is 0 Å². The molecule has 0 aromatic heterocycles. The second-order valence-corrected chi connectivity index (χ2v) is 7.17. The molecular weight excluding hydrogens is 240 g/mol. The number of β-amino-alcohol motifs (C(OH)–C–C–N with tert-alkyl or cyclic N) is 1. The van der Waals surface area contributed by atoms with Crippen molar-refractivity contribution >= 4 is 10.2 Å². The zero-order valence-electron chi connectivity index (χ0n) is 10.4. The van der Waals surface area contributed by atoms with Crippen molar-refractivity contribution in [1.29, 1.82) is 0 Å². The highest BCUT2D eigenvalue weighted by Crippen LogP contribution is 2.22. The monoisotopic (exact) mass is 262 g/mol. The molecule has 2 fully saturated rings. The molecule has 2 rings (SSSR count). The fourth-order valence-corrected chi connectivity index (χ4v) is 4.23. The van der Waals surface area contributed by atoms with Crippen molar-refractivity contribution in [2.24, 2.45) is 5.92 Å². The molecule has 2 aliphatic rings. The minimum Gasteiger partial charge on any atom is -0.392 e. The molecule has 2 heterocycles. The minimum atomic E-state index is -3.33. The van der Waals surface area contributed by atoms with Crippen molar-refractivity contribution in [2.75, 3.05) is 26.2 Å². The average molecular weight is 262 g/mol. The van der Waals surface area contributed by atoms with Crippen molar-refractivity contribution in [1.82, 2.24) is 8.61 Å². The fourth-order valence-electron chi connectivity index (χ4n) is 2.51. The Bertz CT molecular complexity index is 350. The number of rotatable bonds is 2.